The smallest absolute Gasteiger partial charge is 0.245 e. The minimum Gasteiger partial charge on any atom is -0.333 e. The number of hydrogen-bond acceptors (Lipinski definition) is 3. The summed E-state index contributed by atoms with van der Waals surface area (Å²) in [7, 11) is 0. The number of anilines is 1. The van der Waals surface area contributed by atoms with Gasteiger partial charge in [0.05, 0.1) is 17.9 Å². The molecule has 0 spiro atoms. The molecule has 1 saturated carbocycles. The first kappa shape index (κ1) is 24.0. The lowest BCUT2D eigenvalue weighted by molar-refractivity contribution is -0.135. The summed E-state index contributed by atoms with van der Waals surface area (Å²) >= 11 is 0. The lowest BCUT2D eigenvalue weighted by Crippen LogP contribution is -2.38. The highest BCUT2D eigenvalue weighted by molar-refractivity contribution is 5.94. The van der Waals surface area contributed by atoms with Crippen LogP contribution in [0, 0.1) is 5.92 Å². The summed E-state index contributed by atoms with van der Waals surface area (Å²) < 4.78 is 1.77. The van der Waals surface area contributed by atoms with Crippen molar-refractivity contribution >= 4 is 17.6 Å². The van der Waals surface area contributed by atoms with E-state index in [2.05, 4.69) is 26.1 Å². The molecule has 2 aromatic rings. The predicted molar refractivity (Wildman–Crippen MR) is 129 cm³/mol. The Bertz CT molecular complexity index is 892. The van der Waals surface area contributed by atoms with E-state index in [1.54, 1.807) is 9.58 Å². The molecule has 0 unspecified atom stereocenters. The topological polar surface area (TPSA) is 67.2 Å². The van der Waals surface area contributed by atoms with Gasteiger partial charge in [0.1, 0.15) is 5.82 Å². The number of carbonyl (C=O) groups excluding carboxylic acids is 2. The number of aromatic nitrogens is 2. The number of nitrogens with one attached hydrogen (secondary N) is 1. The second-order valence-corrected chi connectivity index (χ2v) is 9.96. The van der Waals surface area contributed by atoms with Gasteiger partial charge in [-0.1, -0.05) is 71.6 Å². The van der Waals surface area contributed by atoms with Crippen molar-refractivity contribution in [2.75, 3.05) is 18.4 Å². The highest BCUT2D eigenvalue weighted by Crippen LogP contribution is 2.29. The van der Waals surface area contributed by atoms with Crippen molar-refractivity contribution in [1.29, 1.82) is 0 Å². The molecule has 6 heteroatoms. The summed E-state index contributed by atoms with van der Waals surface area (Å²) in [6.45, 7) is 9.01. The third-order valence-corrected chi connectivity index (χ3v) is 6.17. The van der Waals surface area contributed by atoms with E-state index in [0.717, 1.165) is 24.2 Å². The second kappa shape index (κ2) is 10.8. The summed E-state index contributed by atoms with van der Waals surface area (Å²) in [5.74, 6) is 1.19. The molecule has 1 aromatic heterocycles. The third kappa shape index (κ3) is 6.44. The molecular weight excluding hydrogens is 400 g/mol. The molecule has 1 fully saturated rings. The van der Waals surface area contributed by atoms with Crippen LogP contribution in [0.15, 0.2) is 36.4 Å². The lowest BCUT2D eigenvalue weighted by atomic mass is 9.92. The van der Waals surface area contributed by atoms with E-state index < -0.39 is 0 Å². The van der Waals surface area contributed by atoms with E-state index in [1.165, 1.54) is 25.7 Å². The van der Waals surface area contributed by atoms with E-state index in [0.29, 0.717) is 24.7 Å². The number of para-hydroxylation sites is 1. The van der Waals surface area contributed by atoms with Crippen LogP contribution in [-0.2, 0) is 15.0 Å². The van der Waals surface area contributed by atoms with Crippen LogP contribution in [0.1, 0.15) is 78.3 Å². The Morgan fingerprint density at radius 2 is 1.84 bits per heavy atom. The van der Waals surface area contributed by atoms with E-state index in [4.69, 9.17) is 5.10 Å². The summed E-state index contributed by atoms with van der Waals surface area (Å²) in [5.41, 5.74) is 1.63. The van der Waals surface area contributed by atoms with Gasteiger partial charge in [0, 0.05) is 24.4 Å². The summed E-state index contributed by atoms with van der Waals surface area (Å²) in [5, 5.41) is 7.76. The van der Waals surface area contributed by atoms with Crippen LogP contribution in [-0.4, -0.2) is 39.6 Å². The second-order valence-electron chi connectivity index (χ2n) is 9.96. The van der Waals surface area contributed by atoms with Gasteiger partial charge in [0.2, 0.25) is 11.8 Å². The molecule has 0 atom stereocenters. The van der Waals surface area contributed by atoms with Gasteiger partial charge in [-0.2, -0.15) is 5.10 Å². The Morgan fingerprint density at radius 1 is 1.16 bits per heavy atom. The van der Waals surface area contributed by atoms with E-state index in [-0.39, 0.29) is 23.8 Å². The number of rotatable bonds is 9. The molecule has 3 rings (SSSR count). The van der Waals surface area contributed by atoms with Crippen LogP contribution in [0.2, 0.25) is 0 Å². The van der Waals surface area contributed by atoms with Gasteiger partial charge in [-0.05, 0) is 30.9 Å². The summed E-state index contributed by atoms with van der Waals surface area (Å²) in [6.07, 6.45) is 7.35. The maximum atomic E-state index is 13.0. The van der Waals surface area contributed by atoms with Gasteiger partial charge >= 0.3 is 0 Å². The first-order valence-electron chi connectivity index (χ1n) is 12.0. The molecule has 1 N–H and O–H groups in total. The standard InChI is InChI=1S/C26H38N4O2/c1-5-17-29(25(32)16-15-20-11-9-10-12-20)19-24(31)27-23-18-22(26(2,3)4)28-30(23)21-13-7-6-8-14-21/h6-8,13-14,18,20H,5,9-12,15-17,19H2,1-4H3,(H,27,31). The quantitative estimate of drug-likeness (QED) is 0.576. The minimum absolute atomic E-state index is 0.0716. The zero-order valence-electron chi connectivity index (χ0n) is 20.1. The molecule has 1 heterocycles. The zero-order chi connectivity index (χ0) is 23.1. The van der Waals surface area contributed by atoms with Gasteiger partial charge in [-0.3, -0.25) is 9.59 Å². The summed E-state index contributed by atoms with van der Waals surface area (Å²) in [6, 6.07) is 11.7. The average molecular weight is 439 g/mol. The molecule has 6 nitrogen and oxygen atoms in total. The van der Waals surface area contributed by atoms with Gasteiger partial charge < -0.3 is 10.2 Å². The molecule has 0 bridgehead atoms. The van der Waals surface area contributed by atoms with Gasteiger partial charge in [0.15, 0.2) is 0 Å². The van der Waals surface area contributed by atoms with Crippen molar-refractivity contribution < 1.29 is 9.59 Å². The number of hydrogen-bond donors (Lipinski definition) is 1. The van der Waals surface area contributed by atoms with Crippen LogP contribution in [0.25, 0.3) is 5.69 Å². The first-order valence-corrected chi connectivity index (χ1v) is 12.0. The van der Waals surface area contributed by atoms with Crippen LogP contribution < -0.4 is 5.32 Å². The molecule has 2 amide bonds. The monoisotopic (exact) mass is 438 g/mol. The Morgan fingerprint density at radius 3 is 2.47 bits per heavy atom. The van der Waals surface area contributed by atoms with E-state index in [9.17, 15) is 9.59 Å². The molecule has 0 saturated heterocycles. The SMILES string of the molecule is CCCN(CC(=O)Nc1cc(C(C)(C)C)nn1-c1ccccc1)C(=O)CCC1CCCC1. The van der Waals surface area contributed by atoms with Crippen molar-refractivity contribution in [2.24, 2.45) is 5.92 Å². The largest absolute Gasteiger partial charge is 0.333 e. The fraction of sp³-hybridized carbons (Fsp3) is 0.577. The molecule has 0 aliphatic heterocycles. The highest BCUT2D eigenvalue weighted by atomic mass is 16.2. The van der Waals surface area contributed by atoms with Crippen LogP contribution >= 0.6 is 0 Å². The van der Waals surface area contributed by atoms with Crippen LogP contribution in [0.5, 0.6) is 0 Å². The fourth-order valence-corrected chi connectivity index (χ4v) is 4.30. The average Bonchev–Trinajstić information content (AvgIpc) is 3.42. The minimum atomic E-state index is -0.190. The van der Waals surface area contributed by atoms with Crippen molar-refractivity contribution in [3.8, 4) is 5.69 Å². The molecular formula is C26H38N4O2. The molecule has 1 aromatic carbocycles. The number of benzene rings is 1. The van der Waals surface area contributed by atoms with Gasteiger partial charge in [0.25, 0.3) is 0 Å². The Labute approximate surface area is 192 Å². The number of nitrogens with zero attached hydrogens (tertiary/aromatic N) is 3. The van der Waals surface area contributed by atoms with Crippen molar-refractivity contribution in [3.05, 3.63) is 42.1 Å². The molecule has 1 aliphatic carbocycles. The Kier molecular flexibility index (Phi) is 8.10. The lowest BCUT2D eigenvalue weighted by Gasteiger charge is -2.22. The molecule has 0 radical (unpaired) electrons. The van der Waals surface area contributed by atoms with E-state index in [1.807, 2.05) is 43.3 Å². The maximum Gasteiger partial charge on any atom is 0.245 e. The maximum absolute atomic E-state index is 13.0. The Hall–Kier alpha value is -2.63. The van der Waals surface area contributed by atoms with Crippen molar-refractivity contribution in [3.63, 3.8) is 0 Å². The van der Waals surface area contributed by atoms with E-state index >= 15 is 0 Å². The van der Waals surface area contributed by atoms with Gasteiger partial charge in [-0.25, -0.2) is 4.68 Å². The Balaban J connectivity index is 1.70. The van der Waals surface area contributed by atoms with Crippen molar-refractivity contribution in [2.45, 2.75) is 78.1 Å². The van der Waals surface area contributed by atoms with Gasteiger partial charge in [-0.15, -0.1) is 0 Å². The number of amides is 2. The first-order chi connectivity index (χ1) is 15.3. The molecule has 174 valence electrons. The third-order valence-electron chi connectivity index (χ3n) is 6.17. The van der Waals surface area contributed by atoms with Crippen molar-refractivity contribution in [1.82, 2.24) is 14.7 Å². The molecule has 1 aliphatic rings. The van der Waals surface area contributed by atoms with Crippen LogP contribution in [0.3, 0.4) is 0 Å². The predicted octanol–water partition coefficient (Wildman–Crippen LogP) is 5.32. The fourth-order valence-electron chi connectivity index (χ4n) is 4.30. The summed E-state index contributed by atoms with van der Waals surface area (Å²) in [4.78, 5) is 27.5. The molecule has 32 heavy (non-hydrogen) atoms. The zero-order valence-corrected chi connectivity index (χ0v) is 20.1. The normalized spacial score (nSPS) is 14.5. The number of carbonyl (C=O) groups is 2. The highest BCUT2D eigenvalue weighted by Gasteiger charge is 2.23. The van der Waals surface area contributed by atoms with Crippen LogP contribution in [0.4, 0.5) is 5.82 Å².